The Hall–Kier alpha value is -1.30. The van der Waals surface area contributed by atoms with Gasteiger partial charge in [0, 0.05) is 19.5 Å². The third-order valence-corrected chi connectivity index (χ3v) is 2.47. The van der Waals surface area contributed by atoms with Gasteiger partial charge in [-0.25, -0.2) is 4.98 Å². The van der Waals surface area contributed by atoms with Gasteiger partial charge >= 0.3 is 0 Å². The number of anilines is 1. The monoisotopic (exact) mass is 200 g/mol. The van der Waals surface area contributed by atoms with Gasteiger partial charge in [-0.15, -0.1) is 11.3 Å². The highest BCUT2D eigenvalue weighted by molar-refractivity contribution is 7.13. The maximum absolute atomic E-state index is 8.34. The quantitative estimate of drug-likeness (QED) is 0.322. The number of nitrogens with two attached hydrogens (primary N) is 1. The highest BCUT2D eigenvalue weighted by Crippen LogP contribution is 2.17. The lowest BCUT2D eigenvalue weighted by molar-refractivity contribution is 0.317. The molecule has 5 nitrogen and oxygen atoms in total. The van der Waals surface area contributed by atoms with Crippen LogP contribution < -0.4 is 10.6 Å². The van der Waals surface area contributed by atoms with E-state index in [0.29, 0.717) is 6.42 Å². The van der Waals surface area contributed by atoms with Gasteiger partial charge in [0.05, 0.1) is 12.1 Å². The van der Waals surface area contributed by atoms with E-state index in [1.54, 1.807) is 0 Å². The molecule has 0 aliphatic heterocycles. The average molecular weight is 200 g/mol. The molecule has 0 fully saturated rings. The predicted molar refractivity (Wildman–Crippen MR) is 53.6 cm³/mol. The van der Waals surface area contributed by atoms with Gasteiger partial charge < -0.3 is 15.8 Å². The van der Waals surface area contributed by atoms with E-state index in [0.717, 1.165) is 10.8 Å². The largest absolute Gasteiger partial charge is 0.409 e. The van der Waals surface area contributed by atoms with Crippen LogP contribution in [0.1, 0.15) is 5.69 Å². The van der Waals surface area contributed by atoms with Gasteiger partial charge in [-0.1, -0.05) is 5.16 Å². The van der Waals surface area contributed by atoms with Crippen LogP contribution in [0.5, 0.6) is 0 Å². The number of aromatic nitrogens is 1. The van der Waals surface area contributed by atoms with Crippen LogP contribution in [0, 0.1) is 0 Å². The fraction of sp³-hybridized carbons (Fsp3) is 0.429. The molecule has 0 unspecified atom stereocenters. The molecule has 3 N–H and O–H groups in total. The Bertz CT molecular complexity index is 307. The van der Waals surface area contributed by atoms with Gasteiger partial charge in [0.2, 0.25) is 0 Å². The normalized spacial score (nSPS) is 11.7. The number of amidine groups is 1. The number of thiazole rings is 1. The molecule has 0 bridgehead atoms. The summed E-state index contributed by atoms with van der Waals surface area (Å²) in [5.74, 6) is 0.176. The summed E-state index contributed by atoms with van der Waals surface area (Å²) >= 11 is 1.53. The van der Waals surface area contributed by atoms with Crippen LogP contribution in [0.25, 0.3) is 0 Å². The summed E-state index contributed by atoms with van der Waals surface area (Å²) < 4.78 is 0. The number of rotatable bonds is 3. The molecule has 0 saturated carbocycles. The zero-order valence-electron chi connectivity index (χ0n) is 7.56. The second-order valence-electron chi connectivity index (χ2n) is 2.78. The molecular weight excluding hydrogens is 188 g/mol. The van der Waals surface area contributed by atoms with Crippen LogP contribution in [-0.4, -0.2) is 30.1 Å². The molecule has 0 aliphatic rings. The molecule has 0 amide bonds. The minimum absolute atomic E-state index is 0.176. The third kappa shape index (κ3) is 2.59. The van der Waals surface area contributed by atoms with Crippen molar-refractivity contribution in [1.29, 1.82) is 0 Å². The smallest absolute Gasteiger partial charge is 0.184 e. The van der Waals surface area contributed by atoms with Crippen LogP contribution in [0.3, 0.4) is 0 Å². The first-order valence-corrected chi connectivity index (χ1v) is 4.59. The zero-order valence-corrected chi connectivity index (χ0v) is 8.38. The number of oxime groups is 1. The summed E-state index contributed by atoms with van der Waals surface area (Å²) in [6.45, 7) is 0. The van der Waals surface area contributed by atoms with Crippen molar-refractivity contribution >= 4 is 22.3 Å². The summed E-state index contributed by atoms with van der Waals surface area (Å²) in [5, 5.41) is 14.0. The second-order valence-corrected chi connectivity index (χ2v) is 3.62. The van der Waals surface area contributed by atoms with Gasteiger partial charge in [-0.05, 0) is 0 Å². The van der Waals surface area contributed by atoms with Crippen LogP contribution >= 0.6 is 11.3 Å². The van der Waals surface area contributed by atoms with Crippen molar-refractivity contribution in [1.82, 2.24) is 4.98 Å². The van der Waals surface area contributed by atoms with E-state index in [1.807, 2.05) is 24.4 Å². The van der Waals surface area contributed by atoms with Crippen molar-refractivity contribution in [2.24, 2.45) is 10.9 Å². The van der Waals surface area contributed by atoms with Crippen LogP contribution in [-0.2, 0) is 6.42 Å². The van der Waals surface area contributed by atoms with Gasteiger partial charge in [0.25, 0.3) is 0 Å². The van der Waals surface area contributed by atoms with Crippen molar-refractivity contribution in [3.63, 3.8) is 0 Å². The topological polar surface area (TPSA) is 74.7 Å². The van der Waals surface area contributed by atoms with Crippen molar-refractivity contribution in [2.45, 2.75) is 6.42 Å². The third-order valence-electron chi connectivity index (χ3n) is 1.41. The Balaban J connectivity index is 2.69. The fourth-order valence-electron chi connectivity index (χ4n) is 0.804. The molecule has 0 atom stereocenters. The molecule has 6 heteroatoms. The Labute approximate surface area is 80.5 Å². The molecule has 1 rings (SSSR count). The lowest BCUT2D eigenvalue weighted by Crippen LogP contribution is -2.15. The minimum Gasteiger partial charge on any atom is -0.409 e. The highest BCUT2D eigenvalue weighted by atomic mass is 32.1. The molecule has 1 heterocycles. The maximum Gasteiger partial charge on any atom is 0.184 e. The fourth-order valence-corrected chi connectivity index (χ4v) is 1.56. The standard InChI is InChI=1S/C7H12N4OS/c1-11(2)7-9-5(4-13-7)3-6(8)10-12/h4,12H,3H2,1-2H3,(H2,8,10). The van der Waals surface area contributed by atoms with E-state index < -0.39 is 0 Å². The van der Waals surface area contributed by atoms with Crippen molar-refractivity contribution < 1.29 is 5.21 Å². The van der Waals surface area contributed by atoms with Gasteiger partial charge in [-0.2, -0.15) is 0 Å². The molecule has 0 aromatic carbocycles. The first-order chi connectivity index (χ1) is 6.13. The molecule has 1 aromatic heterocycles. The van der Waals surface area contributed by atoms with E-state index in [-0.39, 0.29) is 5.84 Å². The molecule has 0 spiro atoms. The molecule has 0 saturated heterocycles. The Morgan fingerprint density at radius 3 is 2.92 bits per heavy atom. The Morgan fingerprint density at radius 2 is 2.46 bits per heavy atom. The predicted octanol–water partition coefficient (Wildman–Crippen LogP) is 0.498. The first kappa shape index (κ1) is 9.79. The van der Waals surface area contributed by atoms with E-state index >= 15 is 0 Å². The summed E-state index contributed by atoms with van der Waals surface area (Å²) in [6, 6.07) is 0. The van der Waals surface area contributed by atoms with E-state index in [9.17, 15) is 0 Å². The van der Waals surface area contributed by atoms with Crippen LogP contribution in [0.4, 0.5) is 5.13 Å². The summed E-state index contributed by atoms with van der Waals surface area (Å²) in [6.07, 6.45) is 0.390. The molecular formula is C7H12N4OS. The van der Waals surface area contributed by atoms with Crippen LogP contribution in [0.15, 0.2) is 10.5 Å². The first-order valence-electron chi connectivity index (χ1n) is 3.71. The minimum atomic E-state index is 0.176. The molecule has 13 heavy (non-hydrogen) atoms. The molecule has 1 aromatic rings. The molecule has 72 valence electrons. The highest BCUT2D eigenvalue weighted by Gasteiger charge is 2.04. The number of hydrogen-bond acceptors (Lipinski definition) is 5. The number of nitrogens with zero attached hydrogens (tertiary/aromatic N) is 3. The summed E-state index contributed by atoms with van der Waals surface area (Å²) in [5.41, 5.74) is 6.16. The maximum atomic E-state index is 8.34. The Kier molecular flexibility index (Phi) is 3.07. The van der Waals surface area contributed by atoms with E-state index in [2.05, 4.69) is 10.1 Å². The van der Waals surface area contributed by atoms with Crippen molar-refractivity contribution in [2.75, 3.05) is 19.0 Å². The Morgan fingerprint density at radius 1 is 1.77 bits per heavy atom. The molecule has 0 aliphatic carbocycles. The SMILES string of the molecule is CN(C)c1nc(C/C(N)=N/O)cs1. The number of hydrogen-bond donors (Lipinski definition) is 2. The van der Waals surface area contributed by atoms with Crippen molar-refractivity contribution in [3.05, 3.63) is 11.1 Å². The van der Waals surface area contributed by atoms with E-state index in [4.69, 9.17) is 10.9 Å². The zero-order chi connectivity index (χ0) is 9.84. The second kappa shape index (κ2) is 4.08. The lowest BCUT2D eigenvalue weighted by atomic mass is 10.3. The lowest BCUT2D eigenvalue weighted by Gasteiger charge is -2.05. The average Bonchev–Trinajstić information content (AvgIpc) is 2.52. The van der Waals surface area contributed by atoms with Crippen LogP contribution in [0.2, 0.25) is 0 Å². The van der Waals surface area contributed by atoms with Crippen molar-refractivity contribution in [3.8, 4) is 0 Å². The molecule has 0 radical (unpaired) electrons. The van der Waals surface area contributed by atoms with Gasteiger partial charge in [0.1, 0.15) is 5.84 Å². The van der Waals surface area contributed by atoms with Gasteiger partial charge in [0.15, 0.2) is 5.13 Å². The summed E-state index contributed by atoms with van der Waals surface area (Å²) in [7, 11) is 3.85. The summed E-state index contributed by atoms with van der Waals surface area (Å²) in [4.78, 5) is 6.19. The van der Waals surface area contributed by atoms with E-state index in [1.165, 1.54) is 11.3 Å². The van der Waals surface area contributed by atoms with Gasteiger partial charge in [-0.3, -0.25) is 0 Å².